The highest BCUT2D eigenvalue weighted by Gasteiger charge is 2.14. The van der Waals surface area contributed by atoms with Gasteiger partial charge < -0.3 is 10.2 Å². The summed E-state index contributed by atoms with van der Waals surface area (Å²) < 4.78 is 0. The van der Waals surface area contributed by atoms with Gasteiger partial charge in [-0.1, -0.05) is 34.6 Å². The van der Waals surface area contributed by atoms with E-state index in [9.17, 15) is 0 Å². The van der Waals surface area contributed by atoms with Crippen LogP contribution in [0.2, 0.25) is 0 Å². The fourth-order valence-corrected chi connectivity index (χ4v) is 2.44. The van der Waals surface area contributed by atoms with Gasteiger partial charge in [-0.2, -0.15) is 0 Å². The monoisotopic (exact) mass is 270 g/mol. The average Bonchev–Trinajstić information content (AvgIpc) is 2.45. The summed E-state index contributed by atoms with van der Waals surface area (Å²) in [6, 6.07) is 0. The van der Waals surface area contributed by atoms with Gasteiger partial charge in [-0.05, 0) is 76.7 Å². The van der Waals surface area contributed by atoms with Gasteiger partial charge in [-0.15, -0.1) is 0 Å². The number of piperidine rings is 1. The predicted octanol–water partition coefficient (Wildman–Crippen LogP) is 4.02. The molecule has 0 bridgehead atoms. The van der Waals surface area contributed by atoms with Gasteiger partial charge >= 0.3 is 0 Å². The van der Waals surface area contributed by atoms with E-state index < -0.39 is 0 Å². The lowest BCUT2D eigenvalue weighted by molar-refractivity contribution is 0.247. The average molecular weight is 271 g/mol. The maximum atomic E-state index is 3.44. The Labute approximate surface area is 122 Å². The van der Waals surface area contributed by atoms with Crippen LogP contribution in [0.1, 0.15) is 60.3 Å². The molecule has 1 aliphatic heterocycles. The molecule has 0 saturated carbocycles. The third-order valence-corrected chi connectivity index (χ3v) is 4.48. The minimum atomic E-state index is 0.827. The van der Waals surface area contributed by atoms with Gasteiger partial charge in [0.1, 0.15) is 0 Å². The van der Waals surface area contributed by atoms with Crippen molar-refractivity contribution in [2.75, 3.05) is 33.2 Å². The fraction of sp³-hybridized carbons (Fsp3) is 1.00. The van der Waals surface area contributed by atoms with E-state index in [2.05, 4.69) is 38.0 Å². The lowest BCUT2D eigenvalue weighted by atomic mass is 9.93. The molecule has 2 heteroatoms. The Morgan fingerprint density at radius 3 is 2.16 bits per heavy atom. The number of nitrogens with zero attached hydrogens (tertiary/aromatic N) is 1. The summed E-state index contributed by atoms with van der Waals surface area (Å²) in [5, 5.41) is 3.44. The Bertz CT molecular complexity index is 186. The van der Waals surface area contributed by atoms with E-state index in [4.69, 9.17) is 0 Å². The molecule has 2 nitrogen and oxygen atoms in total. The van der Waals surface area contributed by atoms with Crippen LogP contribution in [0.4, 0.5) is 0 Å². The van der Waals surface area contributed by atoms with E-state index in [1.165, 1.54) is 51.9 Å². The van der Waals surface area contributed by atoms with Crippen molar-refractivity contribution in [3.63, 3.8) is 0 Å². The molecule has 1 rings (SSSR count). The van der Waals surface area contributed by atoms with E-state index >= 15 is 0 Å². The van der Waals surface area contributed by atoms with Crippen LogP contribution in [0.25, 0.3) is 0 Å². The van der Waals surface area contributed by atoms with Crippen molar-refractivity contribution in [1.29, 1.82) is 0 Å². The van der Waals surface area contributed by atoms with Crippen molar-refractivity contribution in [3.8, 4) is 0 Å². The first-order valence-corrected chi connectivity index (χ1v) is 8.49. The van der Waals surface area contributed by atoms with E-state index in [1.54, 1.807) is 0 Å². The maximum absolute atomic E-state index is 3.44. The van der Waals surface area contributed by atoms with Crippen LogP contribution in [0.3, 0.4) is 0 Å². The molecule has 0 aromatic heterocycles. The molecular weight excluding hydrogens is 232 g/mol. The van der Waals surface area contributed by atoms with Crippen LogP contribution in [0.5, 0.6) is 0 Å². The molecule has 1 unspecified atom stereocenters. The Hall–Kier alpha value is -0.0800. The van der Waals surface area contributed by atoms with Gasteiger partial charge in [-0.3, -0.25) is 0 Å². The zero-order chi connectivity index (χ0) is 14.7. The Morgan fingerprint density at radius 1 is 1.05 bits per heavy atom. The van der Waals surface area contributed by atoms with Crippen molar-refractivity contribution in [2.24, 2.45) is 17.8 Å². The van der Waals surface area contributed by atoms with E-state index in [0.717, 1.165) is 17.8 Å². The van der Waals surface area contributed by atoms with Crippen molar-refractivity contribution in [1.82, 2.24) is 10.2 Å². The highest BCUT2D eigenvalue weighted by molar-refractivity contribution is 4.70. The first kappa shape index (κ1) is 18.9. The summed E-state index contributed by atoms with van der Waals surface area (Å²) in [6.07, 6.45) is 5.51. The van der Waals surface area contributed by atoms with Crippen molar-refractivity contribution >= 4 is 0 Å². The standard InChI is InChI=1S/C15H32N2.C2H6/c1-13(2)14(3)7-11-17(4)12-8-15-5-9-16-10-6-15;1-2/h13-16H,5-12H2,1-4H3;1-2H3. The topological polar surface area (TPSA) is 15.3 Å². The molecule has 1 saturated heterocycles. The zero-order valence-electron chi connectivity index (χ0n) is 14.3. The van der Waals surface area contributed by atoms with Crippen LogP contribution >= 0.6 is 0 Å². The van der Waals surface area contributed by atoms with Crippen LogP contribution in [-0.2, 0) is 0 Å². The van der Waals surface area contributed by atoms with Crippen LogP contribution in [0.15, 0.2) is 0 Å². The normalized spacial score (nSPS) is 18.3. The van der Waals surface area contributed by atoms with Gasteiger partial charge in [0.05, 0.1) is 0 Å². The number of nitrogens with one attached hydrogen (secondary N) is 1. The molecule has 1 heterocycles. The minimum absolute atomic E-state index is 0.827. The molecule has 0 amide bonds. The summed E-state index contributed by atoms with van der Waals surface area (Å²) in [5.41, 5.74) is 0. The Balaban J connectivity index is 0.00000154. The van der Waals surface area contributed by atoms with E-state index in [-0.39, 0.29) is 0 Å². The SMILES string of the molecule is CC.CC(C)C(C)CCN(C)CCC1CCNCC1. The Kier molecular flexibility index (Phi) is 11.7. The quantitative estimate of drug-likeness (QED) is 0.752. The van der Waals surface area contributed by atoms with Gasteiger partial charge in [0, 0.05) is 0 Å². The molecule has 1 fully saturated rings. The molecule has 1 N–H and O–H groups in total. The van der Waals surface area contributed by atoms with Crippen LogP contribution in [-0.4, -0.2) is 38.1 Å². The van der Waals surface area contributed by atoms with E-state index in [1.807, 2.05) is 13.8 Å². The van der Waals surface area contributed by atoms with Gasteiger partial charge in [-0.25, -0.2) is 0 Å². The smallest absolute Gasteiger partial charge is 0.00191 e. The van der Waals surface area contributed by atoms with Crippen LogP contribution in [0, 0.1) is 17.8 Å². The molecule has 1 aliphatic rings. The summed E-state index contributed by atoms with van der Waals surface area (Å²) in [4.78, 5) is 2.53. The maximum Gasteiger partial charge on any atom is -0.00191 e. The van der Waals surface area contributed by atoms with Crippen molar-refractivity contribution < 1.29 is 0 Å². The summed E-state index contributed by atoms with van der Waals surface area (Å²) >= 11 is 0. The third kappa shape index (κ3) is 9.45. The molecular formula is C17H38N2. The molecule has 1 atom stereocenters. The highest BCUT2D eigenvalue weighted by atomic mass is 15.1. The van der Waals surface area contributed by atoms with Crippen molar-refractivity contribution in [2.45, 2.75) is 60.3 Å². The third-order valence-electron chi connectivity index (χ3n) is 4.48. The number of hydrogen-bond donors (Lipinski definition) is 1. The first-order chi connectivity index (χ1) is 9.09. The zero-order valence-corrected chi connectivity index (χ0v) is 14.3. The molecule has 0 spiro atoms. The molecule has 116 valence electrons. The lowest BCUT2D eigenvalue weighted by Gasteiger charge is -2.26. The largest absolute Gasteiger partial charge is 0.317 e. The number of rotatable bonds is 7. The highest BCUT2D eigenvalue weighted by Crippen LogP contribution is 2.17. The molecule has 0 aromatic rings. The van der Waals surface area contributed by atoms with Gasteiger partial charge in [0.2, 0.25) is 0 Å². The van der Waals surface area contributed by atoms with Gasteiger partial charge in [0.25, 0.3) is 0 Å². The fourth-order valence-electron chi connectivity index (χ4n) is 2.44. The first-order valence-electron chi connectivity index (χ1n) is 8.49. The lowest BCUT2D eigenvalue weighted by Crippen LogP contribution is -2.31. The molecule has 0 radical (unpaired) electrons. The van der Waals surface area contributed by atoms with Crippen molar-refractivity contribution in [3.05, 3.63) is 0 Å². The molecule has 19 heavy (non-hydrogen) atoms. The predicted molar refractivity (Wildman–Crippen MR) is 87.7 cm³/mol. The second kappa shape index (κ2) is 11.7. The Morgan fingerprint density at radius 2 is 1.63 bits per heavy atom. The molecule has 0 aromatic carbocycles. The summed E-state index contributed by atoms with van der Waals surface area (Å²) in [7, 11) is 2.29. The second-order valence-corrected chi connectivity index (χ2v) is 6.30. The second-order valence-electron chi connectivity index (χ2n) is 6.30. The summed E-state index contributed by atoms with van der Waals surface area (Å²) in [5.74, 6) is 2.66. The minimum Gasteiger partial charge on any atom is -0.317 e. The summed E-state index contributed by atoms with van der Waals surface area (Å²) in [6.45, 7) is 16.1. The van der Waals surface area contributed by atoms with E-state index in [0.29, 0.717) is 0 Å². The molecule has 0 aliphatic carbocycles. The van der Waals surface area contributed by atoms with Crippen LogP contribution < -0.4 is 5.32 Å². The number of hydrogen-bond acceptors (Lipinski definition) is 2. The van der Waals surface area contributed by atoms with Gasteiger partial charge in [0.15, 0.2) is 0 Å².